The van der Waals surface area contributed by atoms with E-state index < -0.39 is 35.8 Å². The lowest BCUT2D eigenvalue weighted by molar-refractivity contribution is -0.352. The Morgan fingerprint density at radius 1 is 1.19 bits per heavy atom. The second-order valence-corrected chi connectivity index (χ2v) is 8.34. The minimum Gasteiger partial charge on any atom is -0.452 e. The quantitative estimate of drug-likeness (QED) is 0.108. The topological polar surface area (TPSA) is 164 Å². The number of nitrogen functional groups attached to an aromatic ring is 1. The van der Waals surface area contributed by atoms with Gasteiger partial charge in [-0.15, -0.1) is 0 Å². The van der Waals surface area contributed by atoms with Gasteiger partial charge in [0.25, 0.3) is 0 Å². The maximum absolute atomic E-state index is 13.1. The van der Waals surface area contributed by atoms with Gasteiger partial charge in [-0.1, -0.05) is 67.0 Å². The smallest absolute Gasteiger partial charge is 0.351 e. The molecule has 2 heterocycles. The van der Waals surface area contributed by atoms with Gasteiger partial charge in [-0.3, -0.25) is 4.57 Å². The summed E-state index contributed by atoms with van der Waals surface area (Å²) < 4.78 is 13.2. The van der Waals surface area contributed by atoms with Crippen LogP contribution in [0.25, 0.3) is 10.4 Å². The lowest BCUT2D eigenvalue weighted by Gasteiger charge is -2.29. The van der Waals surface area contributed by atoms with Crippen molar-refractivity contribution in [1.82, 2.24) is 9.55 Å². The number of carbonyl (C=O) groups excluding carboxylic acids is 1. The molecule has 0 saturated carbocycles. The number of nitrogens with two attached hydrogens (primary N) is 1. The van der Waals surface area contributed by atoms with Crippen molar-refractivity contribution in [3.63, 3.8) is 0 Å². The number of hydrogen-bond acceptors (Lipinski definition) is 9. The van der Waals surface area contributed by atoms with Crippen molar-refractivity contribution in [2.45, 2.75) is 50.5 Å². The minimum atomic E-state index is -1.69. The van der Waals surface area contributed by atoms with E-state index in [0.29, 0.717) is 6.42 Å². The summed E-state index contributed by atoms with van der Waals surface area (Å²) in [6.45, 7) is 1.90. The number of ether oxygens (including phenoxy) is 2. The Balaban J connectivity index is 1.73. The van der Waals surface area contributed by atoms with Crippen molar-refractivity contribution >= 4 is 11.8 Å². The first-order valence-corrected chi connectivity index (χ1v) is 11.6. The Bertz CT molecular complexity index is 1310. The lowest BCUT2D eigenvalue weighted by atomic mass is 9.99. The predicted molar refractivity (Wildman–Crippen MR) is 132 cm³/mol. The van der Waals surface area contributed by atoms with E-state index in [4.69, 9.17) is 25.0 Å². The summed E-state index contributed by atoms with van der Waals surface area (Å²) >= 11 is 0. The molecule has 1 aliphatic heterocycles. The van der Waals surface area contributed by atoms with Gasteiger partial charge in [-0.05, 0) is 35.7 Å². The van der Waals surface area contributed by atoms with E-state index in [0.717, 1.165) is 10.1 Å². The summed E-state index contributed by atoms with van der Waals surface area (Å²) in [6.07, 6.45) is -1.68. The summed E-state index contributed by atoms with van der Waals surface area (Å²) in [5.74, 6) is -0.679. The summed E-state index contributed by atoms with van der Waals surface area (Å²) in [5, 5.41) is 3.90. The van der Waals surface area contributed by atoms with Gasteiger partial charge in [0.1, 0.15) is 12.4 Å². The molecule has 0 amide bonds. The number of aromatic nitrogens is 2. The van der Waals surface area contributed by atoms with Gasteiger partial charge in [-0.2, -0.15) is 4.98 Å². The van der Waals surface area contributed by atoms with Crippen LogP contribution >= 0.6 is 0 Å². The number of benzene rings is 2. The van der Waals surface area contributed by atoms with E-state index in [-0.39, 0.29) is 24.4 Å². The predicted octanol–water partition coefficient (Wildman–Crippen LogP) is 3.90. The van der Waals surface area contributed by atoms with Gasteiger partial charge in [-0.25, -0.2) is 19.4 Å². The second-order valence-electron chi connectivity index (χ2n) is 8.34. The summed E-state index contributed by atoms with van der Waals surface area (Å²) in [5.41, 5.74) is 13.7. The van der Waals surface area contributed by atoms with Gasteiger partial charge in [0.15, 0.2) is 24.2 Å². The fourth-order valence-electron chi connectivity index (χ4n) is 4.12. The van der Waals surface area contributed by atoms with Crippen LogP contribution in [0, 0.1) is 0 Å². The van der Waals surface area contributed by atoms with Crippen LogP contribution in [-0.2, 0) is 25.9 Å². The summed E-state index contributed by atoms with van der Waals surface area (Å²) in [6, 6.07) is 19.0. The summed E-state index contributed by atoms with van der Waals surface area (Å²) in [4.78, 5) is 43.8. The molecule has 4 atom stereocenters. The SMILES string of the molecule is CCC[C@@]1(N=[N+]=[N-])O[C@@H](n2ccc(N)nc2=O)[C@H](OOCc2ccccc2)[C@@H]1OC(=O)c1ccccc1. The first kappa shape index (κ1) is 25.9. The van der Waals surface area contributed by atoms with Crippen molar-refractivity contribution in [1.29, 1.82) is 0 Å². The zero-order valence-corrected chi connectivity index (χ0v) is 20.0. The van der Waals surface area contributed by atoms with E-state index in [2.05, 4.69) is 15.0 Å². The molecule has 0 bridgehead atoms. The molecule has 37 heavy (non-hydrogen) atoms. The third-order valence-corrected chi connectivity index (χ3v) is 5.79. The Morgan fingerprint density at radius 3 is 2.54 bits per heavy atom. The molecule has 3 aromatic rings. The van der Waals surface area contributed by atoms with Gasteiger partial charge in [0.2, 0.25) is 0 Å². The number of carbonyl (C=O) groups is 1. The third-order valence-electron chi connectivity index (χ3n) is 5.79. The molecule has 0 spiro atoms. The minimum absolute atomic E-state index is 0.0129. The van der Waals surface area contributed by atoms with Gasteiger partial charge < -0.3 is 15.2 Å². The van der Waals surface area contributed by atoms with E-state index in [1.54, 1.807) is 30.3 Å². The maximum Gasteiger partial charge on any atom is 0.351 e. The molecule has 12 heteroatoms. The van der Waals surface area contributed by atoms with Crippen molar-refractivity contribution in [2.24, 2.45) is 5.11 Å². The Morgan fingerprint density at radius 2 is 1.89 bits per heavy atom. The molecule has 4 rings (SSSR count). The van der Waals surface area contributed by atoms with Crippen LogP contribution in [0.2, 0.25) is 0 Å². The molecular formula is C25H26N6O6. The Hall–Kier alpha value is -4.22. The molecule has 1 aromatic heterocycles. The standard InChI is InChI=1S/C25H26N6O6/c1-2-14-25(29-30-27)21(35-23(32)18-11-7-4-8-12-18)20(37-34-16-17-9-5-3-6-10-17)22(36-25)31-15-13-19(26)28-24(31)33/h3-13,15,20-22H,2,14,16H2,1H3,(H2,26,28,33)/t20-,21+,22-,25-/m1/s1. The zero-order chi connectivity index (χ0) is 26.3. The molecule has 2 N–H and O–H groups in total. The number of esters is 1. The zero-order valence-electron chi connectivity index (χ0n) is 20.0. The number of hydrogen-bond donors (Lipinski definition) is 1. The number of nitrogens with zero attached hydrogens (tertiary/aromatic N) is 5. The monoisotopic (exact) mass is 506 g/mol. The molecule has 0 aliphatic carbocycles. The molecule has 0 radical (unpaired) electrons. The van der Waals surface area contributed by atoms with E-state index >= 15 is 0 Å². The van der Waals surface area contributed by atoms with E-state index in [1.807, 2.05) is 37.3 Å². The van der Waals surface area contributed by atoms with Crippen LogP contribution < -0.4 is 11.4 Å². The average Bonchev–Trinajstić information content (AvgIpc) is 3.18. The fourth-order valence-corrected chi connectivity index (χ4v) is 4.12. The fraction of sp³-hybridized carbons (Fsp3) is 0.320. The van der Waals surface area contributed by atoms with Crippen LogP contribution in [0.5, 0.6) is 0 Å². The third kappa shape index (κ3) is 5.79. The van der Waals surface area contributed by atoms with Crippen LogP contribution in [0.4, 0.5) is 5.82 Å². The Kier molecular flexibility index (Phi) is 8.16. The second kappa shape index (κ2) is 11.7. The first-order valence-electron chi connectivity index (χ1n) is 11.6. The molecule has 1 fully saturated rings. The molecule has 12 nitrogen and oxygen atoms in total. The number of azide groups is 1. The van der Waals surface area contributed by atoms with Crippen molar-refractivity contribution in [3.8, 4) is 0 Å². The lowest BCUT2D eigenvalue weighted by Crippen LogP contribution is -2.45. The van der Waals surface area contributed by atoms with Crippen LogP contribution in [0.3, 0.4) is 0 Å². The van der Waals surface area contributed by atoms with E-state index in [1.165, 1.54) is 12.3 Å². The van der Waals surface area contributed by atoms with Gasteiger partial charge >= 0.3 is 11.7 Å². The molecule has 1 aliphatic rings. The highest BCUT2D eigenvalue weighted by Gasteiger charge is 2.59. The summed E-state index contributed by atoms with van der Waals surface area (Å²) in [7, 11) is 0. The largest absolute Gasteiger partial charge is 0.452 e. The van der Waals surface area contributed by atoms with Crippen molar-refractivity contribution < 1.29 is 24.0 Å². The highest BCUT2D eigenvalue weighted by atomic mass is 17.2. The normalized spacial score (nSPS) is 22.8. The van der Waals surface area contributed by atoms with Gasteiger partial charge in [0, 0.05) is 11.1 Å². The molecular weight excluding hydrogens is 480 g/mol. The molecule has 2 aromatic carbocycles. The average molecular weight is 507 g/mol. The highest BCUT2D eigenvalue weighted by Crippen LogP contribution is 2.44. The number of anilines is 1. The van der Waals surface area contributed by atoms with Crippen LogP contribution in [0.1, 0.15) is 41.9 Å². The molecule has 0 unspecified atom stereocenters. The van der Waals surface area contributed by atoms with Crippen molar-refractivity contribution in [2.75, 3.05) is 5.73 Å². The van der Waals surface area contributed by atoms with Crippen LogP contribution in [-0.4, -0.2) is 33.5 Å². The van der Waals surface area contributed by atoms with Crippen molar-refractivity contribution in [3.05, 3.63) is 105 Å². The first-order chi connectivity index (χ1) is 18.0. The maximum atomic E-state index is 13.1. The van der Waals surface area contributed by atoms with Crippen LogP contribution in [0.15, 0.2) is 82.8 Å². The van der Waals surface area contributed by atoms with E-state index in [9.17, 15) is 15.1 Å². The number of rotatable bonds is 10. The molecule has 192 valence electrons. The highest BCUT2D eigenvalue weighted by molar-refractivity contribution is 5.89. The molecule has 1 saturated heterocycles. The Labute approximate surface area is 212 Å². The van der Waals surface area contributed by atoms with Gasteiger partial charge in [0.05, 0.1) is 5.56 Å².